The maximum atomic E-state index is 12.1. The minimum atomic E-state index is 0.282. The molecule has 0 aromatic heterocycles. The fourth-order valence-electron chi connectivity index (χ4n) is 2.57. The number of nitrogens with zero attached hydrogens (tertiary/aromatic N) is 1. The summed E-state index contributed by atoms with van der Waals surface area (Å²) in [6.45, 7) is 2.91. The number of carbonyl (C=O) groups is 1. The highest BCUT2D eigenvalue weighted by molar-refractivity contribution is 5.76. The zero-order valence-electron chi connectivity index (χ0n) is 11.8. The third kappa shape index (κ3) is 4.67. The van der Waals surface area contributed by atoms with Crippen LogP contribution in [0.2, 0.25) is 0 Å². The van der Waals surface area contributed by atoms with Gasteiger partial charge in [-0.15, -0.1) is 0 Å². The van der Waals surface area contributed by atoms with Crippen molar-refractivity contribution in [3.8, 4) is 0 Å². The first kappa shape index (κ1) is 14.1. The van der Waals surface area contributed by atoms with E-state index in [1.54, 1.807) is 0 Å². The van der Waals surface area contributed by atoms with Gasteiger partial charge in [0.1, 0.15) is 0 Å². The topological polar surface area (TPSA) is 32.3 Å². The number of amides is 1. The number of rotatable bonds is 5. The van der Waals surface area contributed by atoms with Crippen molar-refractivity contribution in [1.29, 1.82) is 0 Å². The largest absolute Gasteiger partial charge is 0.345 e. The SMILES string of the molecule is CN(CCc1ccccc1)C(=O)CC1CCCNC1. The van der Waals surface area contributed by atoms with Crippen LogP contribution in [-0.4, -0.2) is 37.5 Å². The van der Waals surface area contributed by atoms with E-state index in [2.05, 4.69) is 17.4 Å². The number of carbonyl (C=O) groups excluding carboxylic acids is 1. The molecule has 0 aliphatic carbocycles. The molecule has 1 aliphatic heterocycles. The van der Waals surface area contributed by atoms with Crippen molar-refractivity contribution in [2.24, 2.45) is 5.92 Å². The molecule has 1 aromatic carbocycles. The van der Waals surface area contributed by atoms with Gasteiger partial charge in [-0.2, -0.15) is 0 Å². The van der Waals surface area contributed by atoms with Crippen molar-refractivity contribution in [3.63, 3.8) is 0 Å². The van der Waals surface area contributed by atoms with E-state index in [9.17, 15) is 4.79 Å². The quantitative estimate of drug-likeness (QED) is 0.879. The normalized spacial score (nSPS) is 19.1. The summed E-state index contributed by atoms with van der Waals surface area (Å²) in [5.74, 6) is 0.810. The standard InChI is InChI=1S/C16H24N2O/c1-18(11-9-14-6-3-2-4-7-14)16(19)12-15-8-5-10-17-13-15/h2-4,6-7,15,17H,5,8-13H2,1H3. The van der Waals surface area contributed by atoms with Crippen LogP contribution in [0.4, 0.5) is 0 Å². The Kier molecular flexibility index (Phi) is 5.40. The summed E-state index contributed by atoms with van der Waals surface area (Å²) in [4.78, 5) is 14.0. The monoisotopic (exact) mass is 260 g/mol. The lowest BCUT2D eigenvalue weighted by Gasteiger charge is -2.25. The molecule has 1 heterocycles. The molecule has 19 heavy (non-hydrogen) atoms. The van der Waals surface area contributed by atoms with Gasteiger partial charge in [-0.25, -0.2) is 0 Å². The Bertz CT molecular complexity index is 385. The molecule has 1 saturated heterocycles. The minimum Gasteiger partial charge on any atom is -0.345 e. The molecule has 1 unspecified atom stereocenters. The molecule has 104 valence electrons. The van der Waals surface area contributed by atoms with Crippen LogP contribution in [0, 0.1) is 5.92 Å². The molecule has 1 aliphatic rings. The molecule has 1 amide bonds. The number of hydrogen-bond acceptors (Lipinski definition) is 2. The fourth-order valence-corrected chi connectivity index (χ4v) is 2.57. The van der Waals surface area contributed by atoms with Crippen LogP contribution in [0.15, 0.2) is 30.3 Å². The van der Waals surface area contributed by atoms with Gasteiger partial charge in [0, 0.05) is 20.0 Å². The van der Waals surface area contributed by atoms with Crippen LogP contribution in [0.3, 0.4) is 0 Å². The van der Waals surface area contributed by atoms with E-state index < -0.39 is 0 Å². The second-order valence-electron chi connectivity index (χ2n) is 5.47. The Morgan fingerprint density at radius 1 is 1.37 bits per heavy atom. The molecule has 1 aromatic rings. The molecule has 1 fully saturated rings. The van der Waals surface area contributed by atoms with E-state index in [4.69, 9.17) is 0 Å². The van der Waals surface area contributed by atoms with Gasteiger partial charge < -0.3 is 10.2 Å². The highest BCUT2D eigenvalue weighted by Crippen LogP contribution is 2.15. The summed E-state index contributed by atoms with van der Waals surface area (Å²) in [6, 6.07) is 10.3. The molecule has 1 N–H and O–H groups in total. The molecule has 3 nitrogen and oxygen atoms in total. The van der Waals surface area contributed by atoms with Gasteiger partial charge in [-0.05, 0) is 43.8 Å². The molecule has 0 spiro atoms. The van der Waals surface area contributed by atoms with Gasteiger partial charge in [0.25, 0.3) is 0 Å². The Morgan fingerprint density at radius 3 is 2.84 bits per heavy atom. The summed E-state index contributed by atoms with van der Waals surface area (Å²) in [5.41, 5.74) is 1.29. The van der Waals surface area contributed by atoms with Crippen molar-refractivity contribution >= 4 is 5.91 Å². The van der Waals surface area contributed by atoms with Crippen LogP contribution in [0.5, 0.6) is 0 Å². The lowest BCUT2D eigenvalue weighted by Crippen LogP contribution is -2.35. The van der Waals surface area contributed by atoms with Gasteiger partial charge in [0.15, 0.2) is 0 Å². The lowest BCUT2D eigenvalue weighted by atomic mass is 9.95. The third-order valence-electron chi connectivity index (χ3n) is 3.87. The second-order valence-corrected chi connectivity index (χ2v) is 5.47. The van der Waals surface area contributed by atoms with Crippen molar-refractivity contribution in [2.45, 2.75) is 25.7 Å². The summed E-state index contributed by atoms with van der Waals surface area (Å²) in [5, 5.41) is 3.37. The minimum absolute atomic E-state index is 0.282. The van der Waals surface area contributed by atoms with Crippen LogP contribution in [-0.2, 0) is 11.2 Å². The third-order valence-corrected chi connectivity index (χ3v) is 3.87. The fraction of sp³-hybridized carbons (Fsp3) is 0.562. The van der Waals surface area contributed by atoms with Crippen molar-refractivity contribution in [2.75, 3.05) is 26.7 Å². The maximum Gasteiger partial charge on any atom is 0.222 e. The Hall–Kier alpha value is -1.35. The first-order valence-corrected chi connectivity index (χ1v) is 7.24. The Balaban J connectivity index is 1.72. The van der Waals surface area contributed by atoms with Gasteiger partial charge in [-0.1, -0.05) is 30.3 Å². The van der Waals surface area contributed by atoms with Gasteiger partial charge >= 0.3 is 0 Å². The van der Waals surface area contributed by atoms with Gasteiger partial charge in [0.2, 0.25) is 5.91 Å². The highest BCUT2D eigenvalue weighted by Gasteiger charge is 2.18. The Morgan fingerprint density at radius 2 is 2.16 bits per heavy atom. The molecular weight excluding hydrogens is 236 g/mol. The van der Waals surface area contributed by atoms with Crippen molar-refractivity contribution in [3.05, 3.63) is 35.9 Å². The van der Waals surface area contributed by atoms with Crippen LogP contribution in [0.1, 0.15) is 24.8 Å². The van der Waals surface area contributed by atoms with Gasteiger partial charge in [0.05, 0.1) is 0 Å². The van der Waals surface area contributed by atoms with Crippen molar-refractivity contribution < 1.29 is 4.79 Å². The predicted octanol–water partition coefficient (Wildman–Crippen LogP) is 2.08. The number of likely N-dealkylation sites (N-methyl/N-ethyl adjacent to an activating group) is 1. The first-order valence-electron chi connectivity index (χ1n) is 7.24. The predicted molar refractivity (Wildman–Crippen MR) is 78.0 cm³/mol. The van der Waals surface area contributed by atoms with E-state index in [-0.39, 0.29) is 5.91 Å². The summed E-state index contributed by atoms with van der Waals surface area (Å²) in [6.07, 6.45) is 4.02. The van der Waals surface area contributed by atoms with E-state index in [0.717, 1.165) is 26.1 Å². The number of nitrogens with one attached hydrogen (secondary N) is 1. The number of benzene rings is 1. The van der Waals surface area contributed by atoms with Crippen molar-refractivity contribution in [1.82, 2.24) is 10.2 Å². The molecule has 3 heteroatoms. The van der Waals surface area contributed by atoms with Crippen LogP contribution < -0.4 is 5.32 Å². The second kappa shape index (κ2) is 7.29. The van der Waals surface area contributed by atoms with Gasteiger partial charge in [-0.3, -0.25) is 4.79 Å². The average molecular weight is 260 g/mol. The molecule has 0 radical (unpaired) electrons. The summed E-state index contributed by atoms with van der Waals surface area (Å²) in [7, 11) is 1.92. The van der Waals surface area contributed by atoms with Crippen LogP contribution in [0.25, 0.3) is 0 Å². The number of hydrogen-bond donors (Lipinski definition) is 1. The molecule has 1 atom stereocenters. The zero-order valence-corrected chi connectivity index (χ0v) is 11.8. The summed E-state index contributed by atoms with van der Waals surface area (Å²) >= 11 is 0. The molecule has 0 saturated carbocycles. The van der Waals surface area contributed by atoms with Crippen LogP contribution >= 0.6 is 0 Å². The highest BCUT2D eigenvalue weighted by atomic mass is 16.2. The Labute approximate surface area is 116 Å². The van der Waals surface area contributed by atoms with E-state index in [0.29, 0.717) is 12.3 Å². The first-order chi connectivity index (χ1) is 9.25. The summed E-state index contributed by atoms with van der Waals surface area (Å²) < 4.78 is 0. The number of piperidine rings is 1. The molecule has 2 rings (SSSR count). The molecule has 0 bridgehead atoms. The lowest BCUT2D eigenvalue weighted by molar-refractivity contribution is -0.131. The van der Waals surface area contributed by atoms with E-state index in [1.165, 1.54) is 18.4 Å². The average Bonchev–Trinajstić information content (AvgIpc) is 2.47. The van der Waals surface area contributed by atoms with E-state index in [1.807, 2.05) is 30.1 Å². The zero-order chi connectivity index (χ0) is 13.5. The maximum absolute atomic E-state index is 12.1. The smallest absolute Gasteiger partial charge is 0.222 e. The van der Waals surface area contributed by atoms with E-state index >= 15 is 0 Å². The molecular formula is C16H24N2O.